The van der Waals surface area contributed by atoms with Crippen molar-refractivity contribution >= 4 is 29.7 Å². The molecule has 2 aromatic rings. The van der Waals surface area contributed by atoms with Crippen LogP contribution < -0.4 is 10.1 Å². The second kappa shape index (κ2) is 7.93. The van der Waals surface area contributed by atoms with Crippen LogP contribution in [0.4, 0.5) is 5.69 Å². The predicted molar refractivity (Wildman–Crippen MR) is 83.9 cm³/mol. The van der Waals surface area contributed by atoms with Crippen LogP contribution in [0.15, 0.2) is 48.5 Å². The van der Waals surface area contributed by atoms with Crippen LogP contribution in [0, 0.1) is 0 Å². The first-order valence-electron chi connectivity index (χ1n) is 5.90. The lowest BCUT2D eigenvalue weighted by Gasteiger charge is -2.07. The Morgan fingerprint density at radius 2 is 1.84 bits per heavy atom. The van der Waals surface area contributed by atoms with Crippen molar-refractivity contribution in [1.29, 1.82) is 0 Å². The van der Waals surface area contributed by atoms with Gasteiger partial charge in [0.1, 0.15) is 5.75 Å². The van der Waals surface area contributed by atoms with Crippen LogP contribution in [-0.4, -0.2) is 13.7 Å². The molecule has 1 N–H and O–H groups in total. The normalized spacial score (nSPS) is 9.58. The lowest BCUT2D eigenvalue weighted by atomic mass is 10.1. The smallest absolute Gasteiger partial charge is 0.119 e. The van der Waals surface area contributed by atoms with E-state index in [1.165, 1.54) is 5.56 Å². The zero-order chi connectivity index (χ0) is 12.8. The maximum absolute atomic E-state index is 5.83. The molecule has 0 fully saturated rings. The number of halogens is 2. The van der Waals surface area contributed by atoms with E-state index < -0.39 is 0 Å². The standard InChI is InChI=1S/C15H16ClNO.ClH/c1-18-15-4-2-3-12(11-15)9-10-17-14-7-5-13(16)6-8-14;/h2-8,11,17H,9-10H2,1H3;1H. The monoisotopic (exact) mass is 297 g/mol. The molecule has 0 aliphatic rings. The number of methoxy groups -OCH3 is 1. The van der Waals surface area contributed by atoms with Gasteiger partial charge in [-0.2, -0.15) is 0 Å². The molecule has 2 aromatic carbocycles. The highest BCUT2D eigenvalue weighted by Gasteiger charge is 1.96. The highest BCUT2D eigenvalue weighted by atomic mass is 35.5. The highest BCUT2D eigenvalue weighted by Crippen LogP contribution is 2.15. The summed E-state index contributed by atoms with van der Waals surface area (Å²) in [4.78, 5) is 0. The molecule has 0 amide bonds. The molecule has 19 heavy (non-hydrogen) atoms. The summed E-state index contributed by atoms with van der Waals surface area (Å²) < 4.78 is 5.20. The van der Waals surface area contributed by atoms with Gasteiger partial charge >= 0.3 is 0 Å². The van der Waals surface area contributed by atoms with Gasteiger partial charge < -0.3 is 10.1 Å². The number of ether oxygens (including phenoxy) is 1. The quantitative estimate of drug-likeness (QED) is 0.882. The maximum Gasteiger partial charge on any atom is 0.119 e. The molecule has 4 heteroatoms. The Kier molecular flexibility index (Phi) is 6.54. The van der Waals surface area contributed by atoms with Crippen LogP contribution in [-0.2, 0) is 6.42 Å². The van der Waals surface area contributed by atoms with Crippen molar-refractivity contribution in [3.8, 4) is 5.75 Å². The van der Waals surface area contributed by atoms with Crippen LogP contribution in [0.2, 0.25) is 5.02 Å². The van der Waals surface area contributed by atoms with Gasteiger partial charge in [-0.3, -0.25) is 0 Å². The second-order valence-electron chi connectivity index (χ2n) is 4.04. The Balaban J connectivity index is 0.00000180. The first-order chi connectivity index (χ1) is 8.78. The molecule has 0 atom stereocenters. The lowest BCUT2D eigenvalue weighted by Crippen LogP contribution is -2.04. The van der Waals surface area contributed by atoms with E-state index in [-0.39, 0.29) is 12.4 Å². The van der Waals surface area contributed by atoms with Gasteiger partial charge in [-0.05, 0) is 48.4 Å². The van der Waals surface area contributed by atoms with Crippen LogP contribution in [0.1, 0.15) is 5.56 Å². The zero-order valence-corrected chi connectivity index (χ0v) is 12.3. The Morgan fingerprint density at radius 1 is 1.11 bits per heavy atom. The van der Waals surface area contributed by atoms with Crippen molar-refractivity contribution in [2.75, 3.05) is 19.0 Å². The maximum atomic E-state index is 5.83. The Bertz CT molecular complexity index is 500. The molecule has 2 rings (SSSR count). The minimum atomic E-state index is 0. The lowest BCUT2D eigenvalue weighted by molar-refractivity contribution is 0.414. The van der Waals surface area contributed by atoms with E-state index in [9.17, 15) is 0 Å². The van der Waals surface area contributed by atoms with Crippen LogP contribution in [0.25, 0.3) is 0 Å². The fraction of sp³-hybridized carbons (Fsp3) is 0.200. The van der Waals surface area contributed by atoms with E-state index in [0.717, 1.165) is 29.4 Å². The van der Waals surface area contributed by atoms with E-state index in [0.29, 0.717) is 0 Å². The summed E-state index contributed by atoms with van der Waals surface area (Å²) in [6.07, 6.45) is 0.958. The molecule has 0 unspecified atom stereocenters. The average molecular weight is 298 g/mol. The number of benzene rings is 2. The van der Waals surface area contributed by atoms with Gasteiger partial charge in [0.15, 0.2) is 0 Å². The topological polar surface area (TPSA) is 21.3 Å². The van der Waals surface area contributed by atoms with Crippen molar-refractivity contribution in [3.63, 3.8) is 0 Å². The molecule has 2 nitrogen and oxygen atoms in total. The number of rotatable bonds is 5. The summed E-state index contributed by atoms with van der Waals surface area (Å²) in [6, 6.07) is 15.9. The first kappa shape index (κ1) is 15.7. The number of hydrogen-bond acceptors (Lipinski definition) is 2. The molecule has 0 saturated carbocycles. The average Bonchev–Trinajstić information content (AvgIpc) is 2.41. The SMILES string of the molecule is COc1cccc(CCNc2ccc(Cl)cc2)c1.Cl. The van der Waals surface area contributed by atoms with Gasteiger partial charge in [-0.1, -0.05) is 23.7 Å². The molecule has 0 heterocycles. The van der Waals surface area contributed by atoms with Gasteiger partial charge in [-0.25, -0.2) is 0 Å². The molecule has 0 bridgehead atoms. The minimum absolute atomic E-state index is 0. The third-order valence-electron chi connectivity index (χ3n) is 2.72. The van der Waals surface area contributed by atoms with E-state index in [4.69, 9.17) is 16.3 Å². The van der Waals surface area contributed by atoms with Gasteiger partial charge in [0.25, 0.3) is 0 Å². The van der Waals surface area contributed by atoms with Crippen molar-refractivity contribution in [2.45, 2.75) is 6.42 Å². The zero-order valence-electron chi connectivity index (χ0n) is 10.7. The molecule has 0 aliphatic carbocycles. The first-order valence-corrected chi connectivity index (χ1v) is 6.28. The van der Waals surface area contributed by atoms with E-state index in [1.54, 1.807) is 7.11 Å². The summed E-state index contributed by atoms with van der Waals surface area (Å²) in [7, 11) is 1.69. The largest absolute Gasteiger partial charge is 0.497 e. The highest BCUT2D eigenvalue weighted by molar-refractivity contribution is 6.30. The Hall–Kier alpha value is -1.38. The summed E-state index contributed by atoms with van der Waals surface area (Å²) >= 11 is 5.83. The Labute approximate surface area is 125 Å². The predicted octanol–water partition coefficient (Wildman–Crippen LogP) is 4.43. The molecule has 0 aliphatic heterocycles. The summed E-state index contributed by atoms with van der Waals surface area (Å²) in [5, 5.41) is 4.12. The molecule has 102 valence electrons. The number of nitrogens with one attached hydrogen (secondary N) is 1. The number of hydrogen-bond donors (Lipinski definition) is 1. The molecular formula is C15H17Cl2NO. The van der Waals surface area contributed by atoms with Gasteiger partial charge in [-0.15, -0.1) is 12.4 Å². The summed E-state index contributed by atoms with van der Waals surface area (Å²) in [5.41, 5.74) is 2.35. The Morgan fingerprint density at radius 3 is 2.53 bits per heavy atom. The second-order valence-corrected chi connectivity index (χ2v) is 4.47. The molecule has 0 saturated heterocycles. The van der Waals surface area contributed by atoms with Crippen LogP contribution in [0.5, 0.6) is 5.75 Å². The summed E-state index contributed by atoms with van der Waals surface area (Å²) in [6.45, 7) is 0.884. The third kappa shape index (κ3) is 5.01. The number of anilines is 1. The van der Waals surface area contributed by atoms with E-state index in [1.807, 2.05) is 36.4 Å². The summed E-state index contributed by atoms with van der Waals surface area (Å²) in [5.74, 6) is 0.902. The van der Waals surface area contributed by atoms with Crippen molar-refractivity contribution < 1.29 is 4.74 Å². The van der Waals surface area contributed by atoms with Gasteiger partial charge in [0.2, 0.25) is 0 Å². The minimum Gasteiger partial charge on any atom is -0.497 e. The molecule has 0 spiro atoms. The third-order valence-corrected chi connectivity index (χ3v) is 2.97. The fourth-order valence-electron chi connectivity index (χ4n) is 1.75. The van der Waals surface area contributed by atoms with Gasteiger partial charge in [0.05, 0.1) is 7.11 Å². The van der Waals surface area contributed by atoms with Crippen LogP contribution >= 0.6 is 24.0 Å². The molecular weight excluding hydrogens is 281 g/mol. The van der Waals surface area contributed by atoms with Gasteiger partial charge in [0, 0.05) is 17.3 Å². The fourth-order valence-corrected chi connectivity index (χ4v) is 1.87. The van der Waals surface area contributed by atoms with Crippen LogP contribution in [0.3, 0.4) is 0 Å². The molecule has 0 aromatic heterocycles. The van der Waals surface area contributed by atoms with Crippen molar-refractivity contribution in [1.82, 2.24) is 0 Å². The van der Waals surface area contributed by atoms with Crippen molar-refractivity contribution in [3.05, 3.63) is 59.1 Å². The van der Waals surface area contributed by atoms with Crippen molar-refractivity contribution in [2.24, 2.45) is 0 Å². The van der Waals surface area contributed by atoms with E-state index >= 15 is 0 Å². The molecule has 0 radical (unpaired) electrons. The van der Waals surface area contributed by atoms with E-state index in [2.05, 4.69) is 17.4 Å².